The Morgan fingerprint density at radius 1 is 0.926 bits per heavy atom. The summed E-state index contributed by atoms with van der Waals surface area (Å²) in [5.74, 6) is -1.50. The number of nitrogens with zero attached hydrogens (tertiary/aromatic N) is 1. The van der Waals surface area contributed by atoms with Gasteiger partial charge in [-0.1, -0.05) is 30.3 Å². The van der Waals surface area contributed by atoms with Crippen molar-refractivity contribution in [2.75, 3.05) is 6.54 Å². The first-order chi connectivity index (χ1) is 13.0. The third kappa shape index (κ3) is 2.99. The number of hydrogen-bond acceptors (Lipinski definition) is 4. The van der Waals surface area contributed by atoms with E-state index in [0.717, 1.165) is 10.3 Å². The van der Waals surface area contributed by atoms with Gasteiger partial charge in [-0.25, -0.2) is 0 Å². The van der Waals surface area contributed by atoms with Gasteiger partial charge >= 0.3 is 0 Å². The first-order valence-electron chi connectivity index (χ1n) is 8.37. The largest absolute Gasteiger partial charge is 0.350 e. The number of aromatic amines is 1. The van der Waals surface area contributed by atoms with E-state index in [9.17, 15) is 19.2 Å². The molecular formula is C20H15N3O4. The van der Waals surface area contributed by atoms with Crippen molar-refractivity contribution >= 4 is 28.6 Å². The minimum atomic E-state index is -0.517. The van der Waals surface area contributed by atoms with Crippen LogP contribution in [-0.4, -0.2) is 34.2 Å². The molecule has 1 aliphatic heterocycles. The highest BCUT2D eigenvalue weighted by atomic mass is 16.2. The first kappa shape index (κ1) is 16.7. The summed E-state index contributed by atoms with van der Waals surface area (Å²) in [6, 6.07) is 15.5. The molecule has 0 saturated heterocycles. The van der Waals surface area contributed by atoms with E-state index >= 15 is 0 Å². The topological polar surface area (TPSA) is 99.3 Å². The zero-order valence-electron chi connectivity index (χ0n) is 14.2. The lowest BCUT2D eigenvalue weighted by Gasteiger charge is -2.13. The lowest BCUT2D eigenvalue weighted by atomic mass is 10.1. The maximum Gasteiger partial charge on any atom is 0.262 e. The molecule has 0 spiro atoms. The predicted molar refractivity (Wildman–Crippen MR) is 98.2 cm³/mol. The Morgan fingerprint density at radius 3 is 2.26 bits per heavy atom. The number of para-hydroxylation sites is 1. The van der Waals surface area contributed by atoms with Gasteiger partial charge in [-0.05, 0) is 29.7 Å². The number of H-pyrrole nitrogens is 1. The van der Waals surface area contributed by atoms with Crippen LogP contribution in [0.1, 0.15) is 26.3 Å². The molecular weight excluding hydrogens is 346 g/mol. The highest BCUT2D eigenvalue weighted by Crippen LogP contribution is 2.21. The molecule has 1 aliphatic rings. The third-order valence-corrected chi connectivity index (χ3v) is 4.49. The van der Waals surface area contributed by atoms with Gasteiger partial charge in [0.25, 0.3) is 17.4 Å². The smallest absolute Gasteiger partial charge is 0.262 e. The van der Waals surface area contributed by atoms with Crippen molar-refractivity contribution in [3.63, 3.8) is 0 Å². The van der Waals surface area contributed by atoms with E-state index in [-0.39, 0.29) is 12.1 Å². The fraction of sp³-hybridized carbons (Fsp3) is 0.100. The minimum absolute atomic E-state index is 0.00215. The molecule has 2 N–H and O–H groups in total. The number of imide groups is 1. The van der Waals surface area contributed by atoms with Gasteiger partial charge in [0.2, 0.25) is 5.91 Å². The average Bonchev–Trinajstić information content (AvgIpc) is 2.91. The molecule has 0 saturated carbocycles. The van der Waals surface area contributed by atoms with E-state index in [1.807, 2.05) is 18.2 Å². The first-order valence-corrected chi connectivity index (χ1v) is 8.37. The molecule has 0 bridgehead atoms. The van der Waals surface area contributed by atoms with Crippen molar-refractivity contribution in [1.29, 1.82) is 0 Å². The number of rotatable bonds is 4. The highest BCUT2D eigenvalue weighted by molar-refractivity contribution is 6.22. The monoisotopic (exact) mass is 361 g/mol. The Morgan fingerprint density at radius 2 is 1.56 bits per heavy atom. The van der Waals surface area contributed by atoms with Crippen LogP contribution in [0.2, 0.25) is 0 Å². The van der Waals surface area contributed by atoms with Crippen molar-refractivity contribution in [2.24, 2.45) is 0 Å². The van der Waals surface area contributed by atoms with Gasteiger partial charge in [-0.2, -0.15) is 0 Å². The fourth-order valence-electron chi connectivity index (χ4n) is 3.10. The summed E-state index contributed by atoms with van der Waals surface area (Å²) in [7, 11) is 0. The van der Waals surface area contributed by atoms with Crippen LogP contribution in [0.15, 0.2) is 59.4 Å². The maximum atomic E-state index is 12.3. The molecule has 0 fully saturated rings. The van der Waals surface area contributed by atoms with Gasteiger partial charge in [0, 0.05) is 17.6 Å². The van der Waals surface area contributed by atoms with Crippen molar-refractivity contribution in [3.8, 4) is 0 Å². The molecule has 0 aliphatic carbocycles. The van der Waals surface area contributed by atoms with Crippen LogP contribution in [-0.2, 0) is 11.3 Å². The summed E-state index contributed by atoms with van der Waals surface area (Å²) in [6.07, 6.45) is 0. The van der Waals surface area contributed by atoms with Crippen LogP contribution >= 0.6 is 0 Å². The quantitative estimate of drug-likeness (QED) is 0.687. The summed E-state index contributed by atoms with van der Waals surface area (Å²) < 4.78 is 0. The van der Waals surface area contributed by atoms with E-state index in [1.165, 1.54) is 0 Å². The van der Waals surface area contributed by atoms with E-state index in [0.29, 0.717) is 22.2 Å². The average molecular weight is 361 g/mol. The Kier molecular flexibility index (Phi) is 4.04. The summed E-state index contributed by atoms with van der Waals surface area (Å²) >= 11 is 0. The summed E-state index contributed by atoms with van der Waals surface area (Å²) in [4.78, 5) is 52.6. The van der Waals surface area contributed by atoms with Gasteiger partial charge < -0.3 is 10.3 Å². The zero-order valence-corrected chi connectivity index (χ0v) is 14.2. The number of fused-ring (bicyclic) bond motifs is 2. The van der Waals surface area contributed by atoms with E-state index in [1.54, 1.807) is 36.4 Å². The molecule has 4 rings (SSSR count). The SMILES string of the molecule is O=C(CN1C(=O)c2ccccc2C1=O)NCc1cc2ccccc2[nH]c1=O. The molecule has 2 heterocycles. The minimum Gasteiger partial charge on any atom is -0.350 e. The molecule has 0 radical (unpaired) electrons. The van der Waals surface area contributed by atoms with Crippen LogP contribution in [0.4, 0.5) is 0 Å². The molecule has 1 aromatic heterocycles. The molecule has 2 aromatic carbocycles. The van der Waals surface area contributed by atoms with E-state index in [4.69, 9.17) is 0 Å². The summed E-state index contributed by atoms with van der Waals surface area (Å²) in [5, 5.41) is 3.44. The normalized spacial score (nSPS) is 13.1. The number of carbonyl (C=O) groups excluding carboxylic acids is 3. The molecule has 7 heteroatoms. The van der Waals surface area contributed by atoms with Crippen molar-refractivity contribution in [3.05, 3.63) is 81.6 Å². The second kappa shape index (κ2) is 6.53. The second-order valence-corrected chi connectivity index (χ2v) is 6.23. The fourth-order valence-corrected chi connectivity index (χ4v) is 3.10. The van der Waals surface area contributed by atoms with Crippen LogP contribution in [0, 0.1) is 0 Å². The van der Waals surface area contributed by atoms with Crippen molar-refractivity contribution in [2.45, 2.75) is 6.54 Å². The van der Waals surface area contributed by atoms with E-state index in [2.05, 4.69) is 10.3 Å². The lowest BCUT2D eigenvalue weighted by molar-refractivity contribution is -0.121. The standard InChI is InChI=1S/C20H15N3O4/c24-17(11-23-19(26)14-6-2-3-7-15(14)20(23)27)21-10-13-9-12-5-1-4-8-16(12)22-18(13)25/h1-9H,10-11H2,(H,21,24)(H,22,25). The van der Waals surface area contributed by atoms with Gasteiger partial charge in [0.15, 0.2) is 0 Å². The van der Waals surface area contributed by atoms with Gasteiger partial charge in [-0.3, -0.25) is 24.1 Å². The number of hydrogen-bond donors (Lipinski definition) is 2. The number of benzene rings is 2. The number of pyridine rings is 1. The number of carbonyl (C=O) groups is 3. The third-order valence-electron chi connectivity index (χ3n) is 4.49. The molecule has 0 atom stereocenters. The maximum absolute atomic E-state index is 12.3. The predicted octanol–water partition coefficient (Wildman–Crippen LogP) is 1.44. The van der Waals surface area contributed by atoms with Crippen LogP contribution in [0.5, 0.6) is 0 Å². The Hall–Kier alpha value is -3.74. The van der Waals surface area contributed by atoms with Gasteiger partial charge in [0.1, 0.15) is 6.54 Å². The Balaban J connectivity index is 1.45. The lowest BCUT2D eigenvalue weighted by Crippen LogP contribution is -2.40. The van der Waals surface area contributed by atoms with Crippen molar-refractivity contribution < 1.29 is 14.4 Å². The van der Waals surface area contributed by atoms with Crippen LogP contribution in [0.3, 0.4) is 0 Å². The molecule has 0 unspecified atom stereocenters. The zero-order chi connectivity index (χ0) is 19.0. The Bertz CT molecular complexity index is 1110. The van der Waals surface area contributed by atoms with E-state index < -0.39 is 24.3 Å². The molecule has 134 valence electrons. The number of nitrogens with one attached hydrogen (secondary N) is 2. The van der Waals surface area contributed by atoms with Crippen LogP contribution < -0.4 is 10.9 Å². The molecule has 27 heavy (non-hydrogen) atoms. The highest BCUT2D eigenvalue weighted by Gasteiger charge is 2.36. The summed E-state index contributed by atoms with van der Waals surface area (Å²) in [5.41, 5.74) is 1.39. The van der Waals surface area contributed by atoms with Crippen molar-refractivity contribution in [1.82, 2.24) is 15.2 Å². The second-order valence-electron chi connectivity index (χ2n) is 6.23. The van der Waals surface area contributed by atoms with Gasteiger partial charge in [0.05, 0.1) is 11.1 Å². The summed E-state index contributed by atoms with van der Waals surface area (Å²) in [6.45, 7) is -0.389. The van der Waals surface area contributed by atoms with Crippen LogP contribution in [0.25, 0.3) is 10.9 Å². The Labute approximate surface area is 153 Å². The number of aromatic nitrogens is 1. The number of amides is 3. The molecule has 3 aromatic rings. The van der Waals surface area contributed by atoms with Gasteiger partial charge in [-0.15, -0.1) is 0 Å². The molecule has 3 amide bonds. The molecule has 7 nitrogen and oxygen atoms in total.